The molecule has 2 heterocycles. The van der Waals surface area contributed by atoms with Crippen LogP contribution in [0.4, 0.5) is 0 Å². The number of ether oxygens (including phenoxy) is 2. The van der Waals surface area contributed by atoms with Gasteiger partial charge in [0.2, 0.25) is 0 Å². The molecular weight excluding hydrogens is 256 g/mol. The normalized spacial score (nSPS) is 19.6. The van der Waals surface area contributed by atoms with Crippen LogP contribution in [0.2, 0.25) is 0 Å². The molecule has 1 N–H and O–H groups in total. The molecule has 0 aromatic carbocycles. The van der Waals surface area contributed by atoms with Crippen LogP contribution >= 0.6 is 0 Å². The minimum atomic E-state index is 0.0935. The Morgan fingerprint density at radius 2 is 2.35 bits per heavy atom. The van der Waals surface area contributed by atoms with E-state index in [1.54, 1.807) is 0 Å². The van der Waals surface area contributed by atoms with Crippen molar-refractivity contribution in [1.82, 2.24) is 20.3 Å². The van der Waals surface area contributed by atoms with Crippen LogP contribution < -0.4 is 5.32 Å². The van der Waals surface area contributed by atoms with Gasteiger partial charge in [0.15, 0.2) is 0 Å². The standard InChI is InChI=1S/C14H26N4O2/c1-14(2,3)15-8-13-9-18(17-16-13)5-7-20-11-12-4-6-19-10-12/h9,12,15H,4-8,10-11H2,1-3H3. The summed E-state index contributed by atoms with van der Waals surface area (Å²) >= 11 is 0. The van der Waals surface area contributed by atoms with Crippen molar-refractivity contribution < 1.29 is 9.47 Å². The molecule has 1 aliphatic heterocycles. The summed E-state index contributed by atoms with van der Waals surface area (Å²) in [5, 5.41) is 11.7. The van der Waals surface area contributed by atoms with Gasteiger partial charge in [-0.05, 0) is 27.2 Å². The lowest BCUT2D eigenvalue weighted by atomic mass is 10.1. The van der Waals surface area contributed by atoms with Crippen LogP contribution in [-0.2, 0) is 22.6 Å². The van der Waals surface area contributed by atoms with Gasteiger partial charge in [0.1, 0.15) is 0 Å². The Morgan fingerprint density at radius 1 is 1.50 bits per heavy atom. The van der Waals surface area contributed by atoms with Crippen LogP contribution in [-0.4, -0.2) is 47.0 Å². The number of rotatable bonds is 7. The highest BCUT2D eigenvalue weighted by Crippen LogP contribution is 2.12. The number of aromatic nitrogens is 3. The molecule has 1 saturated heterocycles. The smallest absolute Gasteiger partial charge is 0.0965 e. The maximum Gasteiger partial charge on any atom is 0.0965 e. The Balaban J connectivity index is 1.62. The van der Waals surface area contributed by atoms with Crippen molar-refractivity contribution in [3.63, 3.8) is 0 Å². The van der Waals surface area contributed by atoms with Crippen molar-refractivity contribution in [2.75, 3.05) is 26.4 Å². The first-order valence-corrected chi connectivity index (χ1v) is 7.32. The molecule has 1 aromatic rings. The van der Waals surface area contributed by atoms with E-state index in [0.29, 0.717) is 12.5 Å². The van der Waals surface area contributed by atoms with Gasteiger partial charge in [-0.1, -0.05) is 5.21 Å². The highest BCUT2D eigenvalue weighted by atomic mass is 16.5. The van der Waals surface area contributed by atoms with Gasteiger partial charge < -0.3 is 14.8 Å². The summed E-state index contributed by atoms with van der Waals surface area (Å²) in [6.45, 7) is 11.1. The summed E-state index contributed by atoms with van der Waals surface area (Å²) < 4.78 is 12.8. The van der Waals surface area contributed by atoms with Crippen LogP contribution in [0.25, 0.3) is 0 Å². The fraction of sp³-hybridized carbons (Fsp3) is 0.857. The van der Waals surface area contributed by atoms with E-state index >= 15 is 0 Å². The number of hydrogen-bond donors (Lipinski definition) is 1. The van der Waals surface area contributed by atoms with Crippen LogP contribution in [0.5, 0.6) is 0 Å². The Morgan fingerprint density at radius 3 is 3.05 bits per heavy atom. The quantitative estimate of drug-likeness (QED) is 0.762. The molecule has 20 heavy (non-hydrogen) atoms. The van der Waals surface area contributed by atoms with Crippen molar-refractivity contribution in [1.29, 1.82) is 0 Å². The van der Waals surface area contributed by atoms with Crippen LogP contribution in [0.1, 0.15) is 32.9 Å². The fourth-order valence-corrected chi connectivity index (χ4v) is 2.01. The molecule has 1 aliphatic rings. The van der Waals surface area contributed by atoms with Crippen molar-refractivity contribution in [2.45, 2.75) is 45.8 Å². The van der Waals surface area contributed by atoms with Gasteiger partial charge in [-0.15, -0.1) is 5.10 Å². The average molecular weight is 282 g/mol. The molecular formula is C14H26N4O2. The van der Waals surface area contributed by atoms with Crippen molar-refractivity contribution >= 4 is 0 Å². The predicted molar refractivity (Wildman–Crippen MR) is 76.4 cm³/mol. The van der Waals surface area contributed by atoms with Crippen LogP contribution in [0.3, 0.4) is 0 Å². The van der Waals surface area contributed by atoms with E-state index in [9.17, 15) is 0 Å². The summed E-state index contributed by atoms with van der Waals surface area (Å²) in [7, 11) is 0. The summed E-state index contributed by atoms with van der Waals surface area (Å²) in [5.41, 5.74) is 1.06. The SMILES string of the molecule is CC(C)(C)NCc1cn(CCOCC2CCOC2)nn1. The first-order chi connectivity index (χ1) is 9.53. The Hall–Kier alpha value is -0.980. The molecule has 1 atom stereocenters. The third-order valence-electron chi connectivity index (χ3n) is 3.23. The van der Waals surface area contributed by atoms with Crippen LogP contribution in [0, 0.1) is 5.92 Å². The average Bonchev–Trinajstić information content (AvgIpc) is 3.03. The topological polar surface area (TPSA) is 61.2 Å². The molecule has 2 rings (SSSR count). The largest absolute Gasteiger partial charge is 0.381 e. The second kappa shape index (κ2) is 7.15. The lowest BCUT2D eigenvalue weighted by Gasteiger charge is -2.19. The maximum absolute atomic E-state index is 5.66. The minimum absolute atomic E-state index is 0.0935. The molecule has 1 fully saturated rings. The van der Waals surface area contributed by atoms with Crippen molar-refractivity contribution in [3.05, 3.63) is 11.9 Å². The first kappa shape index (κ1) is 15.4. The Kier molecular flexibility index (Phi) is 5.51. The monoisotopic (exact) mass is 282 g/mol. The molecule has 0 saturated carbocycles. The number of nitrogens with one attached hydrogen (secondary N) is 1. The van der Waals surface area contributed by atoms with Gasteiger partial charge in [-0.3, -0.25) is 0 Å². The highest BCUT2D eigenvalue weighted by Gasteiger charge is 2.15. The molecule has 0 spiro atoms. The second-order valence-electron chi connectivity index (χ2n) is 6.38. The van der Waals surface area contributed by atoms with E-state index in [2.05, 4.69) is 36.4 Å². The Bertz CT molecular complexity index is 394. The fourth-order valence-electron chi connectivity index (χ4n) is 2.01. The highest BCUT2D eigenvalue weighted by molar-refractivity contribution is 4.92. The van der Waals surface area contributed by atoms with Gasteiger partial charge in [-0.2, -0.15) is 0 Å². The summed E-state index contributed by atoms with van der Waals surface area (Å²) in [6, 6.07) is 0. The van der Waals surface area contributed by atoms with Gasteiger partial charge in [-0.25, -0.2) is 4.68 Å². The van der Waals surface area contributed by atoms with E-state index in [1.165, 1.54) is 0 Å². The van der Waals surface area contributed by atoms with Gasteiger partial charge in [0.05, 0.1) is 32.1 Å². The van der Waals surface area contributed by atoms with Crippen molar-refractivity contribution in [3.8, 4) is 0 Å². The van der Waals surface area contributed by atoms with Gasteiger partial charge in [0, 0.05) is 30.8 Å². The third-order valence-corrected chi connectivity index (χ3v) is 3.23. The van der Waals surface area contributed by atoms with E-state index in [-0.39, 0.29) is 5.54 Å². The third kappa shape index (κ3) is 5.56. The second-order valence-corrected chi connectivity index (χ2v) is 6.38. The lowest BCUT2D eigenvalue weighted by Crippen LogP contribution is -2.35. The summed E-state index contributed by atoms with van der Waals surface area (Å²) in [5.74, 6) is 0.567. The summed E-state index contributed by atoms with van der Waals surface area (Å²) in [4.78, 5) is 0. The lowest BCUT2D eigenvalue weighted by molar-refractivity contribution is 0.0828. The number of hydrogen-bond acceptors (Lipinski definition) is 5. The Labute approximate surface area is 120 Å². The van der Waals surface area contributed by atoms with E-state index in [0.717, 1.165) is 45.0 Å². The summed E-state index contributed by atoms with van der Waals surface area (Å²) in [6.07, 6.45) is 3.09. The van der Waals surface area contributed by atoms with Crippen LogP contribution in [0.15, 0.2) is 6.20 Å². The molecule has 114 valence electrons. The molecule has 0 bridgehead atoms. The molecule has 0 radical (unpaired) electrons. The van der Waals surface area contributed by atoms with E-state index < -0.39 is 0 Å². The van der Waals surface area contributed by atoms with E-state index in [4.69, 9.17) is 9.47 Å². The molecule has 0 amide bonds. The van der Waals surface area contributed by atoms with E-state index in [1.807, 2.05) is 10.9 Å². The predicted octanol–water partition coefficient (Wildman–Crippen LogP) is 1.22. The van der Waals surface area contributed by atoms with Gasteiger partial charge >= 0.3 is 0 Å². The minimum Gasteiger partial charge on any atom is -0.381 e. The molecule has 1 unspecified atom stereocenters. The zero-order valence-electron chi connectivity index (χ0n) is 12.8. The maximum atomic E-state index is 5.66. The molecule has 1 aromatic heterocycles. The van der Waals surface area contributed by atoms with Gasteiger partial charge in [0.25, 0.3) is 0 Å². The molecule has 0 aliphatic carbocycles. The molecule has 6 heteroatoms. The molecule has 6 nitrogen and oxygen atoms in total. The zero-order chi connectivity index (χ0) is 14.4. The number of nitrogens with zero attached hydrogens (tertiary/aromatic N) is 3. The first-order valence-electron chi connectivity index (χ1n) is 7.32. The van der Waals surface area contributed by atoms with Crippen molar-refractivity contribution in [2.24, 2.45) is 5.92 Å². The zero-order valence-corrected chi connectivity index (χ0v) is 12.8.